The largest absolute Gasteiger partial charge is 0.493 e. The predicted molar refractivity (Wildman–Crippen MR) is 99.4 cm³/mol. The van der Waals surface area contributed by atoms with Crippen molar-refractivity contribution in [3.05, 3.63) is 46.2 Å². The van der Waals surface area contributed by atoms with Crippen LogP contribution < -0.4 is 14.8 Å². The summed E-state index contributed by atoms with van der Waals surface area (Å²) in [6.07, 6.45) is 1.18. The van der Waals surface area contributed by atoms with E-state index in [9.17, 15) is 0 Å². The molecule has 1 atom stereocenters. The molecule has 130 valence electrons. The summed E-state index contributed by atoms with van der Waals surface area (Å²) in [7, 11) is 1.71. The lowest BCUT2D eigenvalue weighted by Crippen LogP contribution is -2.32. The summed E-state index contributed by atoms with van der Waals surface area (Å²) in [6, 6.07) is 11.0. The highest BCUT2D eigenvalue weighted by Crippen LogP contribution is 2.37. The first-order valence-electron chi connectivity index (χ1n) is 8.62. The summed E-state index contributed by atoms with van der Waals surface area (Å²) < 4.78 is 11.2. The number of thiophene rings is 1. The van der Waals surface area contributed by atoms with Crippen molar-refractivity contribution in [1.82, 2.24) is 10.2 Å². The number of benzene rings is 1. The Kier molecular flexibility index (Phi) is 6.12. The highest BCUT2D eigenvalue weighted by molar-refractivity contribution is 7.10. The lowest BCUT2D eigenvalue weighted by atomic mass is 10.0. The van der Waals surface area contributed by atoms with Crippen LogP contribution in [-0.4, -0.2) is 44.8 Å². The molecule has 1 saturated heterocycles. The first-order chi connectivity index (χ1) is 11.8. The Morgan fingerprint density at radius 1 is 1.21 bits per heavy atom. The van der Waals surface area contributed by atoms with Crippen LogP contribution in [0, 0.1) is 0 Å². The number of nitrogens with one attached hydrogen (secondary N) is 1. The zero-order valence-corrected chi connectivity index (χ0v) is 15.3. The molecular formula is C19H26N2O2S. The molecular weight excluding hydrogens is 320 g/mol. The summed E-state index contributed by atoms with van der Waals surface area (Å²) >= 11 is 1.82. The van der Waals surface area contributed by atoms with E-state index < -0.39 is 0 Å². The van der Waals surface area contributed by atoms with Gasteiger partial charge >= 0.3 is 0 Å². The van der Waals surface area contributed by atoms with Crippen LogP contribution >= 0.6 is 11.3 Å². The van der Waals surface area contributed by atoms with Gasteiger partial charge in [-0.3, -0.25) is 4.90 Å². The minimum atomic E-state index is 0.273. The Labute approximate surface area is 148 Å². The van der Waals surface area contributed by atoms with Gasteiger partial charge in [-0.05, 0) is 49.0 Å². The second kappa shape index (κ2) is 8.51. The van der Waals surface area contributed by atoms with E-state index in [1.807, 2.05) is 24.3 Å². The third-order valence-electron chi connectivity index (χ3n) is 4.36. The lowest BCUT2D eigenvalue weighted by Gasteiger charge is -2.30. The van der Waals surface area contributed by atoms with Crippen LogP contribution in [-0.2, 0) is 0 Å². The molecule has 3 rings (SSSR count). The summed E-state index contributed by atoms with van der Waals surface area (Å²) in [6.45, 7) is 6.92. The summed E-state index contributed by atoms with van der Waals surface area (Å²) in [5, 5.41) is 5.65. The van der Waals surface area contributed by atoms with Gasteiger partial charge < -0.3 is 14.8 Å². The van der Waals surface area contributed by atoms with E-state index in [1.54, 1.807) is 7.11 Å². The predicted octanol–water partition coefficient (Wildman–Crippen LogP) is 3.54. The van der Waals surface area contributed by atoms with Gasteiger partial charge in [-0.2, -0.15) is 0 Å². The van der Waals surface area contributed by atoms with E-state index >= 15 is 0 Å². The molecule has 2 heterocycles. The van der Waals surface area contributed by atoms with Crippen LogP contribution in [0.5, 0.6) is 11.5 Å². The molecule has 1 aliphatic rings. The van der Waals surface area contributed by atoms with Gasteiger partial charge in [-0.25, -0.2) is 0 Å². The number of ether oxygens (including phenoxy) is 2. The average Bonchev–Trinajstić information content (AvgIpc) is 2.99. The number of nitrogens with zero attached hydrogens (tertiary/aromatic N) is 1. The SMILES string of the molecule is CCOc1ccc(C(c2cccs2)N2CCCNCC2)cc1OC. The Balaban J connectivity index is 1.96. The van der Waals surface area contributed by atoms with Crippen molar-refractivity contribution in [3.63, 3.8) is 0 Å². The maximum atomic E-state index is 5.67. The van der Waals surface area contributed by atoms with Gasteiger partial charge in [0.05, 0.1) is 19.8 Å². The number of hydrogen-bond acceptors (Lipinski definition) is 5. The van der Waals surface area contributed by atoms with Crippen LogP contribution in [0.25, 0.3) is 0 Å². The van der Waals surface area contributed by atoms with Gasteiger partial charge in [0, 0.05) is 24.5 Å². The maximum Gasteiger partial charge on any atom is 0.161 e. The van der Waals surface area contributed by atoms with E-state index in [0.29, 0.717) is 6.61 Å². The quantitative estimate of drug-likeness (QED) is 0.867. The van der Waals surface area contributed by atoms with Crippen molar-refractivity contribution in [2.24, 2.45) is 0 Å². The molecule has 1 fully saturated rings. The van der Waals surface area contributed by atoms with Crippen LogP contribution in [0.3, 0.4) is 0 Å². The van der Waals surface area contributed by atoms with Crippen LogP contribution in [0.4, 0.5) is 0 Å². The van der Waals surface area contributed by atoms with Gasteiger partial charge in [0.15, 0.2) is 11.5 Å². The summed E-state index contributed by atoms with van der Waals surface area (Å²) in [5.74, 6) is 1.62. The lowest BCUT2D eigenvalue weighted by molar-refractivity contribution is 0.243. The highest BCUT2D eigenvalue weighted by Gasteiger charge is 2.25. The third-order valence-corrected chi connectivity index (χ3v) is 5.28. The van der Waals surface area contributed by atoms with E-state index in [2.05, 4.69) is 39.9 Å². The molecule has 0 saturated carbocycles. The zero-order chi connectivity index (χ0) is 16.8. The Morgan fingerprint density at radius 2 is 2.12 bits per heavy atom. The molecule has 1 unspecified atom stereocenters. The second-order valence-corrected chi connectivity index (χ2v) is 6.88. The molecule has 4 nitrogen and oxygen atoms in total. The van der Waals surface area contributed by atoms with E-state index in [0.717, 1.165) is 37.7 Å². The minimum absolute atomic E-state index is 0.273. The summed E-state index contributed by atoms with van der Waals surface area (Å²) in [4.78, 5) is 3.95. The molecule has 0 amide bonds. The Bertz CT molecular complexity index is 622. The first-order valence-corrected chi connectivity index (χ1v) is 9.50. The van der Waals surface area contributed by atoms with E-state index in [1.165, 1.54) is 16.9 Å². The summed E-state index contributed by atoms with van der Waals surface area (Å²) in [5.41, 5.74) is 1.26. The van der Waals surface area contributed by atoms with Crippen molar-refractivity contribution in [1.29, 1.82) is 0 Å². The fourth-order valence-electron chi connectivity index (χ4n) is 3.26. The van der Waals surface area contributed by atoms with Crippen LogP contribution in [0.15, 0.2) is 35.7 Å². The van der Waals surface area contributed by atoms with Gasteiger partial charge in [-0.15, -0.1) is 11.3 Å². The molecule has 1 N–H and O–H groups in total. The first kappa shape index (κ1) is 17.3. The van der Waals surface area contributed by atoms with Gasteiger partial charge in [0.1, 0.15) is 0 Å². The minimum Gasteiger partial charge on any atom is -0.493 e. The van der Waals surface area contributed by atoms with Crippen molar-refractivity contribution >= 4 is 11.3 Å². The fourth-order valence-corrected chi connectivity index (χ4v) is 4.14. The van der Waals surface area contributed by atoms with E-state index in [-0.39, 0.29) is 6.04 Å². The molecule has 0 radical (unpaired) electrons. The van der Waals surface area contributed by atoms with Gasteiger partial charge in [0.2, 0.25) is 0 Å². The standard InChI is InChI=1S/C19H26N2O2S/c1-3-23-16-8-7-15(14-17(16)22-2)19(18-6-4-13-24-18)21-11-5-9-20-10-12-21/h4,6-8,13-14,19-20H,3,5,9-12H2,1-2H3. The van der Waals surface area contributed by atoms with Crippen LogP contribution in [0.2, 0.25) is 0 Å². The maximum absolute atomic E-state index is 5.67. The number of hydrogen-bond donors (Lipinski definition) is 1. The van der Waals surface area contributed by atoms with Crippen molar-refractivity contribution < 1.29 is 9.47 Å². The number of methoxy groups -OCH3 is 1. The monoisotopic (exact) mass is 346 g/mol. The Hall–Kier alpha value is -1.56. The van der Waals surface area contributed by atoms with Crippen molar-refractivity contribution in [2.45, 2.75) is 19.4 Å². The van der Waals surface area contributed by atoms with Gasteiger partial charge in [-0.1, -0.05) is 12.1 Å². The third kappa shape index (κ3) is 3.91. The van der Waals surface area contributed by atoms with Crippen molar-refractivity contribution in [3.8, 4) is 11.5 Å². The highest BCUT2D eigenvalue weighted by atomic mass is 32.1. The molecule has 2 aromatic rings. The Morgan fingerprint density at radius 3 is 2.88 bits per heavy atom. The van der Waals surface area contributed by atoms with Gasteiger partial charge in [0.25, 0.3) is 0 Å². The molecule has 1 aromatic carbocycles. The molecule has 1 aliphatic heterocycles. The normalized spacial score (nSPS) is 17.2. The molecule has 1 aromatic heterocycles. The molecule has 0 bridgehead atoms. The second-order valence-electron chi connectivity index (χ2n) is 5.90. The average molecular weight is 346 g/mol. The number of rotatable bonds is 6. The van der Waals surface area contributed by atoms with Crippen LogP contribution in [0.1, 0.15) is 29.8 Å². The smallest absolute Gasteiger partial charge is 0.161 e. The van der Waals surface area contributed by atoms with Crippen molar-refractivity contribution in [2.75, 3.05) is 39.9 Å². The zero-order valence-electron chi connectivity index (χ0n) is 14.5. The molecule has 0 spiro atoms. The molecule has 24 heavy (non-hydrogen) atoms. The molecule has 0 aliphatic carbocycles. The molecule has 5 heteroatoms. The van der Waals surface area contributed by atoms with E-state index in [4.69, 9.17) is 9.47 Å². The fraction of sp³-hybridized carbons (Fsp3) is 0.474. The topological polar surface area (TPSA) is 33.7 Å².